The molecule has 0 saturated heterocycles. The molecule has 0 aliphatic heterocycles. The Morgan fingerprint density at radius 1 is 1.12 bits per heavy atom. The lowest BCUT2D eigenvalue weighted by atomic mass is 9.86. The van der Waals surface area contributed by atoms with E-state index in [9.17, 15) is 13.7 Å². The normalized spacial score (nSPS) is 13.2. The van der Waals surface area contributed by atoms with Gasteiger partial charge in [-0.2, -0.15) is 5.26 Å². The summed E-state index contributed by atoms with van der Waals surface area (Å²) in [6, 6.07) is 5.98. The Hall–Kier alpha value is -1.38. The van der Waals surface area contributed by atoms with Crippen molar-refractivity contribution in [2.24, 2.45) is 11.8 Å². The van der Waals surface area contributed by atoms with Gasteiger partial charge in [-0.25, -0.2) is 13.1 Å². The van der Waals surface area contributed by atoms with E-state index in [0.29, 0.717) is 29.7 Å². The van der Waals surface area contributed by atoms with Crippen molar-refractivity contribution in [2.45, 2.75) is 71.6 Å². The fourth-order valence-electron chi connectivity index (χ4n) is 2.83. The minimum Gasteiger partial charge on any atom is -0.211 e. The molecule has 0 heterocycles. The molecule has 1 aromatic carbocycles. The molecule has 0 amide bonds. The molecule has 1 rings (SSSR count). The summed E-state index contributed by atoms with van der Waals surface area (Å²) in [4.78, 5) is 0.375. The van der Waals surface area contributed by atoms with Gasteiger partial charge in [0, 0.05) is 6.54 Å². The second-order valence-corrected chi connectivity index (χ2v) is 9.26. The highest BCUT2D eigenvalue weighted by atomic mass is 32.2. The first kappa shape index (κ1) is 21.7. The summed E-state index contributed by atoms with van der Waals surface area (Å²) in [5, 5.41) is 9.18. The molecule has 1 unspecified atom stereocenters. The van der Waals surface area contributed by atoms with Gasteiger partial charge in [0.15, 0.2) is 0 Å². The Labute approximate surface area is 153 Å². The van der Waals surface area contributed by atoms with Crippen molar-refractivity contribution < 1.29 is 8.42 Å². The Balaban J connectivity index is 3.61. The molecule has 1 N–H and O–H groups in total. The predicted molar refractivity (Wildman–Crippen MR) is 103 cm³/mol. The van der Waals surface area contributed by atoms with Crippen LogP contribution in [0.1, 0.15) is 70.6 Å². The number of nitrogens with zero attached hydrogens (tertiary/aromatic N) is 1. The smallest absolute Gasteiger partial charge is 0.211 e. The van der Waals surface area contributed by atoms with Crippen LogP contribution in [0, 0.1) is 23.2 Å². The molecule has 5 heteroatoms. The topological polar surface area (TPSA) is 70.0 Å². The van der Waals surface area contributed by atoms with Gasteiger partial charge in [-0.1, -0.05) is 47.6 Å². The van der Waals surface area contributed by atoms with E-state index in [0.717, 1.165) is 29.5 Å². The van der Waals surface area contributed by atoms with Crippen molar-refractivity contribution in [2.75, 3.05) is 6.54 Å². The number of benzene rings is 1. The number of nitriles is 1. The maximum atomic E-state index is 12.9. The van der Waals surface area contributed by atoms with Gasteiger partial charge in [0.1, 0.15) is 0 Å². The Kier molecular flexibility index (Phi) is 8.11. The number of hydrogen-bond donors (Lipinski definition) is 1. The molecule has 0 fully saturated rings. The predicted octanol–water partition coefficient (Wildman–Crippen LogP) is 4.40. The van der Waals surface area contributed by atoms with E-state index in [2.05, 4.69) is 45.4 Å². The van der Waals surface area contributed by atoms with E-state index in [1.165, 1.54) is 0 Å². The Bertz CT molecular complexity index is 716. The first-order valence-corrected chi connectivity index (χ1v) is 10.6. The number of hydrogen-bond acceptors (Lipinski definition) is 3. The van der Waals surface area contributed by atoms with Crippen LogP contribution in [0.2, 0.25) is 0 Å². The summed E-state index contributed by atoms with van der Waals surface area (Å²) in [7, 11) is -3.55. The highest BCUT2D eigenvalue weighted by molar-refractivity contribution is 7.89. The second kappa shape index (κ2) is 9.35. The lowest BCUT2D eigenvalue weighted by Gasteiger charge is -2.23. The zero-order valence-corrected chi connectivity index (χ0v) is 17.2. The van der Waals surface area contributed by atoms with Crippen molar-refractivity contribution in [3.63, 3.8) is 0 Å². The molecule has 0 aromatic heterocycles. The molecule has 1 atom stereocenters. The third kappa shape index (κ3) is 5.83. The number of rotatable bonds is 9. The van der Waals surface area contributed by atoms with E-state index >= 15 is 0 Å². The molecule has 0 radical (unpaired) electrons. The monoisotopic (exact) mass is 364 g/mol. The zero-order chi connectivity index (χ0) is 19.2. The number of sulfonamides is 1. The maximum Gasteiger partial charge on any atom is 0.240 e. The van der Waals surface area contributed by atoms with Crippen LogP contribution < -0.4 is 4.72 Å². The van der Waals surface area contributed by atoms with Crippen molar-refractivity contribution in [3.8, 4) is 6.07 Å². The third-order valence-electron chi connectivity index (χ3n) is 4.55. The summed E-state index contributed by atoms with van der Waals surface area (Å²) in [6.07, 6.45) is 1.83. The summed E-state index contributed by atoms with van der Waals surface area (Å²) in [6.45, 7) is 12.8. The molecule has 1 aromatic rings. The molecule has 0 spiro atoms. The van der Waals surface area contributed by atoms with Gasteiger partial charge >= 0.3 is 0 Å². The largest absolute Gasteiger partial charge is 0.240 e. The van der Waals surface area contributed by atoms with Crippen LogP contribution >= 0.6 is 0 Å². The van der Waals surface area contributed by atoms with Gasteiger partial charge in [-0.15, -0.1) is 0 Å². The fraction of sp³-hybridized carbons (Fsp3) is 0.650. The molecule has 0 saturated carbocycles. The second-order valence-electron chi connectivity index (χ2n) is 7.52. The molecule has 4 nitrogen and oxygen atoms in total. The number of nitrogens with one attached hydrogen (secondary N) is 1. The van der Waals surface area contributed by atoms with Gasteiger partial charge < -0.3 is 0 Å². The van der Waals surface area contributed by atoms with Crippen molar-refractivity contribution in [3.05, 3.63) is 28.8 Å². The van der Waals surface area contributed by atoms with E-state index in [1.54, 1.807) is 6.07 Å². The van der Waals surface area contributed by atoms with Gasteiger partial charge in [-0.3, -0.25) is 0 Å². The van der Waals surface area contributed by atoms with Crippen molar-refractivity contribution in [1.82, 2.24) is 4.72 Å². The van der Waals surface area contributed by atoms with E-state index in [1.807, 2.05) is 13.0 Å². The molecule has 0 aliphatic rings. The van der Waals surface area contributed by atoms with Crippen molar-refractivity contribution >= 4 is 10.0 Å². The SMILES string of the molecule is CCCNS(=O)(=O)c1cc(CC(C)C)c(CC#N)cc1C(C)C(C)C. The van der Waals surface area contributed by atoms with Crippen molar-refractivity contribution in [1.29, 1.82) is 5.26 Å². The first-order valence-electron chi connectivity index (χ1n) is 9.16. The van der Waals surface area contributed by atoms with E-state index in [4.69, 9.17) is 0 Å². The van der Waals surface area contributed by atoms with E-state index < -0.39 is 10.0 Å². The van der Waals surface area contributed by atoms with Crippen LogP contribution in [-0.2, 0) is 22.9 Å². The average Bonchev–Trinajstić information content (AvgIpc) is 2.53. The van der Waals surface area contributed by atoms with Gasteiger partial charge in [0.25, 0.3) is 0 Å². The highest BCUT2D eigenvalue weighted by Gasteiger charge is 2.25. The Morgan fingerprint density at radius 3 is 2.24 bits per heavy atom. The highest BCUT2D eigenvalue weighted by Crippen LogP contribution is 2.33. The molecule has 25 heavy (non-hydrogen) atoms. The van der Waals surface area contributed by atoms with Crippen LogP contribution in [0.25, 0.3) is 0 Å². The van der Waals surface area contributed by atoms with Crippen LogP contribution in [0.15, 0.2) is 17.0 Å². The molecule has 140 valence electrons. The van der Waals surface area contributed by atoms with Crippen LogP contribution in [0.4, 0.5) is 0 Å². The first-order chi connectivity index (χ1) is 11.6. The standard InChI is InChI=1S/C20H32N2O2S/c1-7-10-22-25(23,24)20-13-18(11-14(2)3)17(8-9-21)12-19(20)16(6)15(4)5/h12-16,22H,7-8,10-11H2,1-6H3. The third-order valence-corrected chi connectivity index (χ3v) is 6.07. The maximum absolute atomic E-state index is 12.9. The zero-order valence-electron chi connectivity index (χ0n) is 16.4. The van der Waals surface area contributed by atoms with Gasteiger partial charge in [-0.05, 0) is 53.4 Å². The van der Waals surface area contributed by atoms with Crippen LogP contribution in [0.5, 0.6) is 0 Å². The summed E-state index contributed by atoms with van der Waals surface area (Å²) in [5.41, 5.74) is 2.73. The Morgan fingerprint density at radius 2 is 1.76 bits per heavy atom. The average molecular weight is 365 g/mol. The molecular weight excluding hydrogens is 332 g/mol. The lowest BCUT2D eigenvalue weighted by Crippen LogP contribution is -2.26. The van der Waals surface area contributed by atoms with Crippen LogP contribution in [0.3, 0.4) is 0 Å². The molecular formula is C20H32N2O2S. The van der Waals surface area contributed by atoms with E-state index in [-0.39, 0.29) is 5.92 Å². The fourth-order valence-corrected chi connectivity index (χ4v) is 4.31. The molecule has 0 bridgehead atoms. The quantitative estimate of drug-likeness (QED) is 0.706. The summed E-state index contributed by atoms with van der Waals surface area (Å²) < 4.78 is 28.4. The minimum atomic E-state index is -3.55. The minimum absolute atomic E-state index is 0.0961. The summed E-state index contributed by atoms with van der Waals surface area (Å²) in [5.74, 6) is 0.801. The lowest BCUT2D eigenvalue weighted by molar-refractivity contribution is 0.521. The summed E-state index contributed by atoms with van der Waals surface area (Å²) >= 11 is 0. The van der Waals surface area contributed by atoms with Gasteiger partial charge in [0.2, 0.25) is 10.0 Å². The van der Waals surface area contributed by atoms with Gasteiger partial charge in [0.05, 0.1) is 17.4 Å². The molecule has 0 aliphatic carbocycles. The van der Waals surface area contributed by atoms with Crippen LogP contribution in [-0.4, -0.2) is 15.0 Å².